The van der Waals surface area contributed by atoms with Crippen molar-refractivity contribution < 1.29 is 0 Å². The zero-order valence-electron chi connectivity index (χ0n) is 28.6. The number of hydrogen-bond donors (Lipinski definition) is 0. The van der Waals surface area contributed by atoms with Crippen molar-refractivity contribution in [2.75, 3.05) is 0 Å². The van der Waals surface area contributed by atoms with Gasteiger partial charge in [0.25, 0.3) is 0 Å². The Kier molecular flexibility index (Phi) is 7.25. The molecule has 10 rings (SSSR count). The van der Waals surface area contributed by atoms with Crippen molar-refractivity contribution in [3.05, 3.63) is 206 Å². The Morgan fingerprint density at radius 2 is 0.635 bits per heavy atom. The second-order valence-corrected chi connectivity index (χ2v) is 13.6. The van der Waals surface area contributed by atoms with E-state index in [1.165, 1.54) is 98.7 Å². The molecule has 242 valence electrons. The van der Waals surface area contributed by atoms with E-state index < -0.39 is 0 Å². The van der Waals surface area contributed by atoms with E-state index >= 15 is 0 Å². The maximum absolute atomic E-state index is 2.42. The van der Waals surface area contributed by atoms with E-state index in [-0.39, 0.29) is 0 Å². The highest BCUT2D eigenvalue weighted by molar-refractivity contribution is 6.24. The molecule has 0 saturated carbocycles. The highest BCUT2D eigenvalue weighted by Crippen LogP contribution is 2.48. The third kappa shape index (κ3) is 5.08. The molecule has 0 heterocycles. The summed E-state index contributed by atoms with van der Waals surface area (Å²) in [5, 5.41) is 10.0. The zero-order chi connectivity index (χ0) is 34.4. The molecule has 0 N–H and O–H groups in total. The van der Waals surface area contributed by atoms with Gasteiger partial charge in [-0.3, -0.25) is 0 Å². The highest BCUT2D eigenvalue weighted by atomic mass is 14.2. The quantitative estimate of drug-likeness (QED) is 0.161. The maximum atomic E-state index is 2.42. The Morgan fingerprint density at radius 3 is 1.27 bits per heavy atom. The summed E-state index contributed by atoms with van der Waals surface area (Å²) in [5.74, 6) is 0. The molecular weight excluding hydrogens is 625 g/mol. The summed E-state index contributed by atoms with van der Waals surface area (Å²) in [4.78, 5) is 0. The lowest BCUT2D eigenvalue weighted by Gasteiger charge is -2.21. The van der Waals surface area contributed by atoms with Crippen LogP contribution in [0.15, 0.2) is 206 Å². The molecule has 10 aromatic carbocycles. The van der Waals surface area contributed by atoms with Crippen LogP contribution in [0.4, 0.5) is 0 Å². The molecule has 0 aliphatic rings. The first kappa shape index (κ1) is 30.1. The summed E-state index contributed by atoms with van der Waals surface area (Å²) in [6.07, 6.45) is 0. The van der Waals surface area contributed by atoms with Gasteiger partial charge in [-0.2, -0.15) is 0 Å². The van der Waals surface area contributed by atoms with E-state index in [0.717, 1.165) is 0 Å². The summed E-state index contributed by atoms with van der Waals surface area (Å²) in [6.45, 7) is 0. The number of benzene rings is 10. The van der Waals surface area contributed by atoms with Gasteiger partial charge < -0.3 is 0 Å². The second kappa shape index (κ2) is 12.5. The van der Waals surface area contributed by atoms with Crippen LogP contribution in [0.1, 0.15) is 0 Å². The second-order valence-electron chi connectivity index (χ2n) is 13.6. The van der Waals surface area contributed by atoms with Crippen LogP contribution in [-0.4, -0.2) is 0 Å². The SMILES string of the molecule is c1ccc(-c2ccc3c(-c4cccc5ccccc45)c4cc(-c5ccccc5)ccc4c(-c4cccc(-c5cccc6ccccc56)c4)c3c2)cc1. The van der Waals surface area contributed by atoms with Crippen LogP contribution >= 0.6 is 0 Å². The van der Waals surface area contributed by atoms with E-state index in [2.05, 4.69) is 206 Å². The predicted octanol–water partition coefficient (Wildman–Crippen LogP) is 14.6. The molecule has 0 fully saturated rings. The number of hydrogen-bond acceptors (Lipinski definition) is 0. The molecule has 0 saturated heterocycles. The average molecular weight is 659 g/mol. The van der Waals surface area contributed by atoms with Crippen LogP contribution in [0.5, 0.6) is 0 Å². The van der Waals surface area contributed by atoms with Crippen molar-refractivity contribution >= 4 is 43.1 Å². The first-order valence-corrected chi connectivity index (χ1v) is 18.0. The molecule has 0 amide bonds. The largest absolute Gasteiger partial charge is 0.0622 e. The standard InChI is InChI=1S/C52H34/c1-3-14-35(15-4-1)39-29-31-48-49(33-39)51(42-23-11-22-41(32-42)45-26-12-20-37-18-7-9-24-43(37)45)47-30-28-40(36-16-5-2-6-17-36)34-50(47)52(48)46-27-13-21-38-19-8-10-25-44(38)46/h1-34H. The molecule has 52 heavy (non-hydrogen) atoms. The summed E-state index contributed by atoms with van der Waals surface area (Å²) < 4.78 is 0. The Morgan fingerprint density at radius 1 is 0.192 bits per heavy atom. The lowest BCUT2D eigenvalue weighted by Crippen LogP contribution is -1.94. The predicted molar refractivity (Wildman–Crippen MR) is 224 cm³/mol. The lowest BCUT2D eigenvalue weighted by molar-refractivity contribution is 1.61. The van der Waals surface area contributed by atoms with Crippen LogP contribution in [0.3, 0.4) is 0 Å². The monoisotopic (exact) mass is 658 g/mol. The molecule has 0 radical (unpaired) electrons. The summed E-state index contributed by atoms with van der Waals surface area (Å²) in [7, 11) is 0. The summed E-state index contributed by atoms with van der Waals surface area (Å²) >= 11 is 0. The first-order chi connectivity index (χ1) is 25.8. The van der Waals surface area contributed by atoms with Gasteiger partial charge >= 0.3 is 0 Å². The van der Waals surface area contributed by atoms with Gasteiger partial charge in [0.05, 0.1) is 0 Å². The lowest BCUT2D eigenvalue weighted by atomic mass is 9.82. The highest BCUT2D eigenvalue weighted by Gasteiger charge is 2.20. The van der Waals surface area contributed by atoms with E-state index in [1.54, 1.807) is 0 Å². The fourth-order valence-electron chi connectivity index (χ4n) is 8.21. The number of fused-ring (bicyclic) bond motifs is 4. The molecule has 0 nitrogen and oxygen atoms in total. The van der Waals surface area contributed by atoms with E-state index in [4.69, 9.17) is 0 Å². The van der Waals surface area contributed by atoms with Gasteiger partial charge in [-0.25, -0.2) is 0 Å². The molecule has 0 aliphatic heterocycles. The van der Waals surface area contributed by atoms with Crippen LogP contribution in [0.2, 0.25) is 0 Å². The van der Waals surface area contributed by atoms with Crippen molar-refractivity contribution in [2.45, 2.75) is 0 Å². The zero-order valence-corrected chi connectivity index (χ0v) is 28.6. The van der Waals surface area contributed by atoms with Crippen LogP contribution in [0.25, 0.3) is 98.7 Å². The molecule has 0 aliphatic carbocycles. The molecule has 0 spiro atoms. The Labute approximate surface area is 303 Å². The first-order valence-electron chi connectivity index (χ1n) is 18.0. The maximum Gasteiger partial charge on any atom is -0.00199 e. The fourth-order valence-corrected chi connectivity index (χ4v) is 8.21. The third-order valence-corrected chi connectivity index (χ3v) is 10.6. The van der Waals surface area contributed by atoms with Gasteiger partial charge in [-0.05, 0) is 117 Å². The van der Waals surface area contributed by atoms with E-state index in [9.17, 15) is 0 Å². The van der Waals surface area contributed by atoms with Gasteiger partial charge in [0.2, 0.25) is 0 Å². The minimum Gasteiger partial charge on any atom is -0.0622 e. The van der Waals surface area contributed by atoms with Crippen LogP contribution in [0, 0.1) is 0 Å². The molecule has 0 atom stereocenters. The molecular formula is C52H34. The van der Waals surface area contributed by atoms with Crippen LogP contribution in [-0.2, 0) is 0 Å². The van der Waals surface area contributed by atoms with Crippen molar-refractivity contribution in [1.82, 2.24) is 0 Å². The molecule has 0 bridgehead atoms. The third-order valence-electron chi connectivity index (χ3n) is 10.6. The average Bonchev–Trinajstić information content (AvgIpc) is 3.22. The Hall–Kier alpha value is -6.76. The minimum absolute atomic E-state index is 1.21. The smallest absolute Gasteiger partial charge is 0.00199 e. The topological polar surface area (TPSA) is 0 Å². The van der Waals surface area contributed by atoms with Gasteiger partial charge in [0.15, 0.2) is 0 Å². The van der Waals surface area contributed by atoms with E-state index in [1.807, 2.05) is 0 Å². The van der Waals surface area contributed by atoms with E-state index in [0.29, 0.717) is 0 Å². The molecule has 0 aromatic heterocycles. The molecule has 0 heteroatoms. The van der Waals surface area contributed by atoms with Gasteiger partial charge in [0.1, 0.15) is 0 Å². The molecule has 0 unspecified atom stereocenters. The normalized spacial score (nSPS) is 11.5. The van der Waals surface area contributed by atoms with Crippen molar-refractivity contribution in [3.8, 4) is 55.6 Å². The Balaban J connectivity index is 1.34. The molecule has 10 aromatic rings. The fraction of sp³-hybridized carbons (Fsp3) is 0. The van der Waals surface area contributed by atoms with Crippen molar-refractivity contribution in [1.29, 1.82) is 0 Å². The van der Waals surface area contributed by atoms with Crippen molar-refractivity contribution in [3.63, 3.8) is 0 Å². The van der Waals surface area contributed by atoms with Gasteiger partial charge in [-0.1, -0.05) is 188 Å². The van der Waals surface area contributed by atoms with Crippen molar-refractivity contribution in [2.24, 2.45) is 0 Å². The number of rotatable bonds is 5. The van der Waals surface area contributed by atoms with Gasteiger partial charge in [0, 0.05) is 0 Å². The minimum atomic E-state index is 1.21. The summed E-state index contributed by atoms with van der Waals surface area (Å²) in [5.41, 5.74) is 12.3. The summed E-state index contributed by atoms with van der Waals surface area (Å²) in [6, 6.07) is 75.7. The van der Waals surface area contributed by atoms with Gasteiger partial charge in [-0.15, -0.1) is 0 Å². The van der Waals surface area contributed by atoms with Crippen LogP contribution < -0.4 is 0 Å². The Bertz CT molecular complexity index is 2920.